The van der Waals surface area contributed by atoms with E-state index in [0.717, 1.165) is 12.8 Å². The number of rotatable bonds is 0. The smallest absolute Gasteiger partial charge is 0.143 e. The van der Waals surface area contributed by atoms with Crippen LogP contribution >= 0.6 is 0 Å². The Kier molecular flexibility index (Phi) is 1.09. The molecule has 1 saturated carbocycles. The van der Waals surface area contributed by atoms with Gasteiger partial charge in [0.2, 0.25) is 0 Å². The molecule has 2 nitrogen and oxygen atoms in total. The van der Waals surface area contributed by atoms with Gasteiger partial charge in [0.05, 0.1) is 13.2 Å². The predicted molar refractivity (Wildman–Crippen MR) is 32.0 cm³/mol. The summed E-state index contributed by atoms with van der Waals surface area (Å²) < 4.78 is 5.21. The summed E-state index contributed by atoms with van der Waals surface area (Å²) in [6, 6.07) is 0. The summed E-state index contributed by atoms with van der Waals surface area (Å²) >= 11 is 0. The Balaban J connectivity index is 2.19. The SMILES string of the molecule is O=C1C2CC[C@@H]1COC2. The molecule has 2 fully saturated rings. The predicted octanol–water partition coefficient (Wildman–Crippen LogP) is 0.612. The maximum atomic E-state index is 11.1. The van der Waals surface area contributed by atoms with E-state index in [4.69, 9.17) is 4.74 Å². The zero-order chi connectivity index (χ0) is 6.27. The summed E-state index contributed by atoms with van der Waals surface area (Å²) in [5, 5.41) is 0. The fourth-order valence-corrected chi connectivity index (χ4v) is 1.70. The molecule has 0 aromatic carbocycles. The highest BCUT2D eigenvalue weighted by Gasteiger charge is 2.37. The van der Waals surface area contributed by atoms with Crippen LogP contribution in [0.3, 0.4) is 0 Å². The second-order valence-electron chi connectivity index (χ2n) is 2.91. The molecule has 1 aliphatic heterocycles. The van der Waals surface area contributed by atoms with E-state index in [-0.39, 0.29) is 11.8 Å². The lowest BCUT2D eigenvalue weighted by atomic mass is 10.0. The van der Waals surface area contributed by atoms with Crippen molar-refractivity contribution in [3.05, 3.63) is 0 Å². The summed E-state index contributed by atoms with van der Waals surface area (Å²) in [6.07, 6.45) is 2.15. The van der Waals surface area contributed by atoms with Gasteiger partial charge in [-0.3, -0.25) is 4.79 Å². The lowest BCUT2D eigenvalue weighted by molar-refractivity contribution is -0.132. The number of Topliss-reactive ketones (excluding diaryl/α,β-unsaturated/α-hetero) is 1. The number of hydrogen-bond donors (Lipinski definition) is 0. The molecule has 0 spiro atoms. The molecule has 0 aromatic rings. The molecule has 0 aromatic heterocycles. The Morgan fingerprint density at radius 2 is 1.78 bits per heavy atom. The first-order chi connectivity index (χ1) is 4.38. The van der Waals surface area contributed by atoms with Crippen LogP contribution in [0.15, 0.2) is 0 Å². The average molecular weight is 126 g/mol. The molecule has 1 heterocycles. The molecular formula is C7H10O2. The third-order valence-electron chi connectivity index (χ3n) is 2.31. The lowest BCUT2D eigenvalue weighted by Gasteiger charge is -2.16. The van der Waals surface area contributed by atoms with Gasteiger partial charge < -0.3 is 4.74 Å². The Morgan fingerprint density at radius 1 is 1.22 bits per heavy atom. The van der Waals surface area contributed by atoms with E-state index >= 15 is 0 Å². The van der Waals surface area contributed by atoms with E-state index in [2.05, 4.69) is 0 Å². The topological polar surface area (TPSA) is 26.3 Å². The van der Waals surface area contributed by atoms with Crippen molar-refractivity contribution in [2.75, 3.05) is 13.2 Å². The third kappa shape index (κ3) is 0.697. The largest absolute Gasteiger partial charge is 0.380 e. The van der Waals surface area contributed by atoms with Crippen LogP contribution in [0.2, 0.25) is 0 Å². The van der Waals surface area contributed by atoms with Gasteiger partial charge in [-0.05, 0) is 12.8 Å². The van der Waals surface area contributed by atoms with E-state index in [1.807, 2.05) is 0 Å². The van der Waals surface area contributed by atoms with Crippen LogP contribution < -0.4 is 0 Å². The number of ether oxygens (including phenoxy) is 1. The number of fused-ring (bicyclic) bond motifs is 2. The summed E-state index contributed by atoms with van der Waals surface area (Å²) in [4.78, 5) is 11.1. The van der Waals surface area contributed by atoms with E-state index in [1.54, 1.807) is 0 Å². The maximum absolute atomic E-state index is 11.1. The molecule has 2 heteroatoms. The van der Waals surface area contributed by atoms with E-state index in [0.29, 0.717) is 19.0 Å². The zero-order valence-corrected chi connectivity index (χ0v) is 5.30. The molecule has 2 atom stereocenters. The molecule has 2 aliphatic rings. The van der Waals surface area contributed by atoms with Gasteiger partial charge >= 0.3 is 0 Å². The van der Waals surface area contributed by atoms with E-state index < -0.39 is 0 Å². The monoisotopic (exact) mass is 126 g/mol. The molecule has 1 saturated heterocycles. The Labute approximate surface area is 54.2 Å². The van der Waals surface area contributed by atoms with Gasteiger partial charge in [0.1, 0.15) is 5.78 Å². The van der Waals surface area contributed by atoms with Crippen LogP contribution in [-0.2, 0) is 9.53 Å². The molecular weight excluding hydrogens is 116 g/mol. The van der Waals surface area contributed by atoms with E-state index in [9.17, 15) is 4.79 Å². The second kappa shape index (κ2) is 1.81. The Hall–Kier alpha value is -0.370. The highest BCUT2D eigenvalue weighted by Crippen LogP contribution is 2.31. The third-order valence-corrected chi connectivity index (χ3v) is 2.31. The fraction of sp³-hybridized carbons (Fsp3) is 0.857. The van der Waals surface area contributed by atoms with Crippen LogP contribution in [0, 0.1) is 11.8 Å². The van der Waals surface area contributed by atoms with Crippen LogP contribution in [0.25, 0.3) is 0 Å². The molecule has 0 N–H and O–H groups in total. The zero-order valence-electron chi connectivity index (χ0n) is 5.30. The van der Waals surface area contributed by atoms with Crippen molar-refractivity contribution in [2.24, 2.45) is 11.8 Å². The minimum absolute atomic E-state index is 0.267. The second-order valence-corrected chi connectivity index (χ2v) is 2.91. The van der Waals surface area contributed by atoms with Crippen LogP contribution in [0.1, 0.15) is 12.8 Å². The summed E-state index contributed by atoms with van der Waals surface area (Å²) in [6.45, 7) is 1.38. The van der Waals surface area contributed by atoms with Crippen LogP contribution in [-0.4, -0.2) is 19.0 Å². The quantitative estimate of drug-likeness (QED) is 0.475. The van der Waals surface area contributed by atoms with Crippen molar-refractivity contribution in [1.82, 2.24) is 0 Å². The van der Waals surface area contributed by atoms with Gasteiger partial charge in [0, 0.05) is 11.8 Å². The normalized spacial score (nSPS) is 41.6. The number of carbonyl (C=O) groups excluding carboxylic acids is 1. The fourth-order valence-electron chi connectivity index (χ4n) is 1.70. The first-order valence-electron chi connectivity index (χ1n) is 3.49. The Bertz CT molecular complexity index is 124. The summed E-state index contributed by atoms with van der Waals surface area (Å²) in [5.74, 6) is 0.994. The molecule has 0 radical (unpaired) electrons. The molecule has 9 heavy (non-hydrogen) atoms. The highest BCUT2D eigenvalue weighted by molar-refractivity contribution is 5.86. The average Bonchev–Trinajstić information content (AvgIpc) is 2.19. The van der Waals surface area contributed by atoms with Crippen molar-refractivity contribution in [2.45, 2.75) is 12.8 Å². The van der Waals surface area contributed by atoms with Gasteiger partial charge in [0.15, 0.2) is 0 Å². The van der Waals surface area contributed by atoms with Crippen molar-refractivity contribution in [1.29, 1.82) is 0 Å². The Morgan fingerprint density at radius 3 is 2.22 bits per heavy atom. The van der Waals surface area contributed by atoms with Crippen molar-refractivity contribution >= 4 is 5.78 Å². The van der Waals surface area contributed by atoms with Crippen molar-refractivity contribution in [3.8, 4) is 0 Å². The van der Waals surface area contributed by atoms with Gasteiger partial charge in [-0.15, -0.1) is 0 Å². The molecule has 2 rings (SSSR count). The summed E-state index contributed by atoms with van der Waals surface area (Å²) in [5.41, 5.74) is 0. The van der Waals surface area contributed by atoms with Gasteiger partial charge in [-0.25, -0.2) is 0 Å². The first kappa shape index (κ1) is 5.42. The first-order valence-corrected chi connectivity index (χ1v) is 3.49. The molecule has 50 valence electrons. The van der Waals surface area contributed by atoms with Crippen LogP contribution in [0.5, 0.6) is 0 Å². The lowest BCUT2D eigenvalue weighted by Crippen LogP contribution is -2.28. The molecule has 2 bridgehead atoms. The number of carbonyl (C=O) groups is 1. The van der Waals surface area contributed by atoms with Crippen LogP contribution in [0.4, 0.5) is 0 Å². The number of hydrogen-bond acceptors (Lipinski definition) is 2. The van der Waals surface area contributed by atoms with Crippen molar-refractivity contribution in [3.63, 3.8) is 0 Å². The minimum atomic E-state index is 0.267. The molecule has 0 amide bonds. The van der Waals surface area contributed by atoms with Gasteiger partial charge in [-0.2, -0.15) is 0 Å². The van der Waals surface area contributed by atoms with Gasteiger partial charge in [-0.1, -0.05) is 0 Å². The van der Waals surface area contributed by atoms with Gasteiger partial charge in [0.25, 0.3) is 0 Å². The molecule has 1 aliphatic carbocycles. The van der Waals surface area contributed by atoms with E-state index in [1.165, 1.54) is 0 Å². The number of ketones is 1. The van der Waals surface area contributed by atoms with Crippen molar-refractivity contribution < 1.29 is 9.53 Å². The molecule has 1 unspecified atom stereocenters. The summed E-state index contributed by atoms with van der Waals surface area (Å²) in [7, 11) is 0. The minimum Gasteiger partial charge on any atom is -0.380 e. The highest BCUT2D eigenvalue weighted by atomic mass is 16.5. The maximum Gasteiger partial charge on any atom is 0.143 e. The standard InChI is InChI=1S/C7H10O2/c8-7-5-1-2-6(7)4-9-3-5/h5-6H,1-4H2/t5-,6?/m1/s1.